The highest BCUT2D eigenvalue weighted by Gasteiger charge is 1.98. The monoisotopic (exact) mass is 278 g/mol. The lowest BCUT2D eigenvalue weighted by molar-refractivity contribution is -0.131. The van der Waals surface area contributed by atoms with E-state index in [-0.39, 0.29) is 0 Å². The van der Waals surface area contributed by atoms with Gasteiger partial charge < -0.3 is 5.11 Å². The normalized spacial score (nSPS) is 11.6. The molecule has 0 bridgehead atoms. The van der Waals surface area contributed by atoms with Crippen molar-refractivity contribution in [3.05, 3.63) is 38.2 Å². The number of aliphatic carboxylic acids is 1. The van der Waals surface area contributed by atoms with Crippen LogP contribution in [0.25, 0.3) is 18.2 Å². The molecule has 0 spiro atoms. The van der Waals surface area contributed by atoms with E-state index in [9.17, 15) is 4.79 Å². The molecule has 0 saturated carbocycles. The van der Waals surface area contributed by atoms with Gasteiger partial charge in [-0.15, -0.1) is 22.7 Å². The van der Waals surface area contributed by atoms with Gasteiger partial charge in [0.15, 0.2) is 0 Å². The Balaban J connectivity index is 2.06. The van der Waals surface area contributed by atoms with Crippen LogP contribution in [0.1, 0.15) is 20.6 Å². The van der Waals surface area contributed by atoms with Crippen LogP contribution >= 0.6 is 22.7 Å². The number of carbonyl (C=O) groups is 1. The van der Waals surface area contributed by atoms with Gasteiger partial charge in [0.1, 0.15) is 10.0 Å². The van der Waals surface area contributed by atoms with E-state index in [0.29, 0.717) is 0 Å². The van der Waals surface area contributed by atoms with E-state index in [0.717, 1.165) is 26.7 Å². The first-order valence-corrected chi connectivity index (χ1v) is 6.80. The zero-order chi connectivity index (χ0) is 13.0. The van der Waals surface area contributed by atoms with Crippen molar-refractivity contribution in [1.29, 1.82) is 0 Å². The molecule has 4 nitrogen and oxygen atoms in total. The molecule has 0 aromatic carbocycles. The third-order valence-corrected chi connectivity index (χ3v) is 3.79. The van der Waals surface area contributed by atoms with Gasteiger partial charge in [-0.05, 0) is 25.2 Å². The third-order valence-electron chi connectivity index (χ3n) is 1.94. The molecule has 0 aliphatic heterocycles. The summed E-state index contributed by atoms with van der Waals surface area (Å²) >= 11 is 3.01. The van der Waals surface area contributed by atoms with E-state index < -0.39 is 5.97 Å². The minimum atomic E-state index is -0.959. The summed E-state index contributed by atoms with van der Waals surface area (Å²) in [5, 5.41) is 12.3. The smallest absolute Gasteiger partial charge is 0.328 e. The van der Waals surface area contributed by atoms with Crippen molar-refractivity contribution in [2.24, 2.45) is 0 Å². The highest BCUT2D eigenvalue weighted by Crippen LogP contribution is 2.18. The van der Waals surface area contributed by atoms with Crippen molar-refractivity contribution in [3.8, 4) is 0 Å². The Morgan fingerprint density at radius 1 is 1.33 bits per heavy atom. The van der Waals surface area contributed by atoms with Crippen molar-refractivity contribution < 1.29 is 9.90 Å². The van der Waals surface area contributed by atoms with Crippen molar-refractivity contribution in [3.63, 3.8) is 0 Å². The molecule has 1 N–H and O–H groups in total. The molecule has 0 saturated heterocycles. The summed E-state index contributed by atoms with van der Waals surface area (Å²) in [5.74, 6) is -0.959. The lowest BCUT2D eigenvalue weighted by Gasteiger charge is -1.82. The summed E-state index contributed by atoms with van der Waals surface area (Å²) in [6, 6.07) is 0. The van der Waals surface area contributed by atoms with Crippen LogP contribution in [0.3, 0.4) is 0 Å². The minimum Gasteiger partial charge on any atom is -0.478 e. The Morgan fingerprint density at radius 2 is 2.11 bits per heavy atom. The van der Waals surface area contributed by atoms with E-state index in [1.165, 1.54) is 17.4 Å². The van der Waals surface area contributed by atoms with Gasteiger partial charge in [0.2, 0.25) is 0 Å². The number of carboxylic acids is 1. The topological polar surface area (TPSA) is 63.1 Å². The summed E-state index contributed by atoms with van der Waals surface area (Å²) in [7, 11) is 0. The second-order valence-corrected chi connectivity index (χ2v) is 5.42. The average molecular weight is 278 g/mol. The van der Waals surface area contributed by atoms with E-state index >= 15 is 0 Å². The highest BCUT2D eigenvalue weighted by molar-refractivity contribution is 7.13. The average Bonchev–Trinajstić information content (AvgIpc) is 2.93. The molecule has 0 aliphatic carbocycles. The molecule has 0 amide bonds. The van der Waals surface area contributed by atoms with Crippen molar-refractivity contribution in [2.75, 3.05) is 0 Å². The van der Waals surface area contributed by atoms with Gasteiger partial charge in [0.25, 0.3) is 0 Å². The van der Waals surface area contributed by atoms with Gasteiger partial charge in [-0.1, -0.05) is 0 Å². The molecule has 0 radical (unpaired) electrons. The number of carboxylic acid groups (broad SMARTS) is 1. The number of thiazole rings is 2. The zero-order valence-electron chi connectivity index (χ0n) is 9.53. The number of nitrogens with zero attached hydrogens (tertiary/aromatic N) is 2. The van der Waals surface area contributed by atoms with Crippen LogP contribution in [-0.2, 0) is 4.79 Å². The summed E-state index contributed by atoms with van der Waals surface area (Å²) in [4.78, 5) is 19.7. The molecule has 2 aromatic rings. The van der Waals surface area contributed by atoms with Gasteiger partial charge in [0, 0.05) is 28.2 Å². The Bertz CT molecular complexity index is 611. The molecule has 0 aliphatic rings. The molecular formula is C12H10N2O2S2. The Hall–Kier alpha value is -1.79. The standard InChI is InChI=1S/C12H10N2O2S2/c1-8-7-17-11(14-8)4-3-10-13-6-9(18-10)2-5-12(15)16/h2-7H,1H3,(H,15,16). The van der Waals surface area contributed by atoms with Gasteiger partial charge in [-0.2, -0.15) is 0 Å². The van der Waals surface area contributed by atoms with Crippen LogP contribution in [0.2, 0.25) is 0 Å². The van der Waals surface area contributed by atoms with E-state index in [4.69, 9.17) is 5.11 Å². The molecular weight excluding hydrogens is 268 g/mol. The molecule has 0 atom stereocenters. The van der Waals surface area contributed by atoms with E-state index in [2.05, 4.69) is 9.97 Å². The molecule has 2 heterocycles. The summed E-state index contributed by atoms with van der Waals surface area (Å²) in [5.41, 5.74) is 1.00. The lowest BCUT2D eigenvalue weighted by atomic mass is 10.4. The van der Waals surface area contributed by atoms with Gasteiger partial charge in [-0.3, -0.25) is 0 Å². The van der Waals surface area contributed by atoms with Crippen molar-refractivity contribution >= 4 is 46.9 Å². The molecule has 92 valence electrons. The fraction of sp³-hybridized carbons (Fsp3) is 0.0833. The first-order valence-electron chi connectivity index (χ1n) is 5.10. The number of aryl methyl sites for hydroxylation is 1. The fourth-order valence-electron chi connectivity index (χ4n) is 1.20. The largest absolute Gasteiger partial charge is 0.478 e. The Morgan fingerprint density at radius 3 is 2.78 bits per heavy atom. The van der Waals surface area contributed by atoms with Gasteiger partial charge >= 0.3 is 5.97 Å². The molecule has 18 heavy (non-hydrogen) atoms. The van der Waals surface area contributed by atoms with Crippen molar-refractivity contribution in [1.82, 2.24) is 9.97 Å². The lowest BCUT2D eigenvalue weighted by Crippen LogP contribution is -1.84. The quantitative estimate of drug-likeness (QED) is 0.872. The maximum atomic E-state index is 10.4. The summed E-state index contributed by atoms with van der Waals surface area (Å²) in [6.07, 6.45) is 8.06. The summed E-state index contributed by atoms with van der Waals surface area (Å²) < 4.78 is 0. The SMILES string of the molecule is Cc1csc(C=Cc2ncc(C=CC(=O)O)s2)n1. The van der Waals surface area contributed by atoms with Crippen LogP contribution in [0, 0.1) is 6.92 Å². The fourth-order valence-corrected chi connectivity index (χ4v) is 2.61. The maximum Gasteiger partial charge on any atom is 0.328 e. The number of aromatic nitrogens is 2. The van der Waals surface area contributed by atoms with Gasteiger partial charge in [-0.25, -0.2) is 14.8 Å². The predicted octanol–water partition coefficient (Wildman–Crippen LogP) is 3.18. The van der Waals surface area contributed by atoms with Crippen LogP contribution in [-0.4, -0.2) is 21.0 Å². The zero-order valence-corrected chi connectivity index (χ0v) is 11.2. The number of rotatable bonds is 4. The Labute approximate surface area is 112 Å². The minimum absolute atomic E-state index is 0.812. The van der Waals surface area contributed by atoms with E-state index in [1.54, 1.807) is 17.5 Å². The van der Waals surface area contributed by atoms with Crippen LogP contribution < -0.4 is 0 Å². The van der Waals surface area contributed by atoms with E-state index in [1.807, 2.05) is 24.5 Å². The number of hydrogen-bond acceptors (Lipinski definition) is 5. The molecule has 0 fully saturated rings. The first kappa shape index (κ1) is 12.7. The predicted molar refractivity (Wildman–Crippen MR) is 74.6 cm³/mol. The van der Waals surface area contributed by atoms with Crippen LogP contribution in [0.15, 0.2) is 17.7 Å². The third kappa shape index (κ3) is 3.61. The van der Waals surface area contributed by atoms with Crippen molar-refractivity contribution in [2.45, 2.75) is 6.92 Å². The second-order valence-electron chi connectivity index (χ2n) is 3.43. The van der Waals surface area contributed by atoms with Crippen LogP contribution in [0.5, 0.6) is 0 Å². The Kier molecular flexibility index (Phi) is 4.01. The summed E-state index contributed by atoms with van der Waals surface area (Å²) in [6.45, 7) is 1.95. The molecule has 2 aromatic heterocycles. The molecule has 0 unspecified atom stereocenters. The van der Waals surface area contributed by atoms with Gasteiger partial charge in [0.05, 0.1) is 0 Å². The maximum absolute atomic E-state index is 10.4. The first-order chi connectivity index (χ1) is 8.63. The molecule has 6 heteroatoms. The molecule has 2 rings (SSSR count). The second kappa shape index (κ2) is 5.70. The number of hydrogen-bond donors (Lipinski definition) is 1. The van der Waals surface area contributed by atoms with Crippen LogP contribution in [0.4, 0.5) is 0 Å². The highest BCUT2D eigenvalue weighted by atomic mass is 32.1.